The van der Waals surface area contributed by atoms with Gasteiger partial charge in [0.25, 0.3) is 0 Å². The zero-order chi connectivity index (χ0) is 10.7. The smallest absolute Gasteiger partial charge is 0.216 e. The molecule has 0 unspecified atom stereocenters. The fourth-order valence-corrected chi connectivity index (χ4v) is 1.27. The van der Waals surface area contributed by atoms with Gasteiger partial charge >= 0.3 is 0 Å². The van der Waals surface area contributed by atoms with Crippen LogP contribution in [0.4, 0.5) is 8.78 Å². The average molecular weight is 206 g/mol. The minimum atomic E-state index is -0.601. The van der Waals surface area contributed by atoms with E-state index in [1.807, 2.05) is 0 Å². The van der Waals surface area contributed by atoms with Crippen molar-refractivity contribution in [3.8, 4) is 0 Å². The van der Waals surface area contributed by atoms with Crippen molar-refractivity contribution in [2.45, 2.75) is 6.42 Å². The standard InChI is InChI=1S/C11H8F2N2/c12-9-4-2-1-3-8(9)7-11-14-6-5-10(13)15-11/h1-6H,7H2. The molecule has 0 atom stereocenters. The lowest BCUT2D eigenvalue weighted by molar-refractivity contribution is 0.568. The van der Waals surface area contributed by atoms with E-state index >= 15 is 0 Å². The maximum Gasteiger partial charge on any atom is 0.216 e. The Hall–Kier alpha value is -1.84. The Morgan fingerprint density at radius 1 is 1.07 bits per heavy atom. The number of hydrogen-bond donors (Lipinski definition) is 0. The van der Waals surface area contributed by atoms with Gasteiger partial charge in [-0.15, -0.1) is 0 Å². The molecule has 0 aliphatic carbocycles. The van der Waals surface area contributed by atoms with E-state index in [4.69, 9.17) is 0 Å². The Kier molecular flexibility index (Phi) is 2.67. The molecule has 0 aliphatic heterocycles. The summed E-state index contributed by atoms with van der Waals surface area (Å²) >= 11 is 0. The predicted octanol–water partition coefficient (Wildman–Crippen LogP) is 2.35. The van der Waals surface area contributed by atoms with Crippen LogP contribution in [0.1, 0.15) is 11.4 Å². The molecule has 0 radical (unpaired) electrons. The van der Waals surface area contributed by atoms with Gasteiger partial charge in [-0.1, -0.05) is 18.2 Å². The molecule has 0 fully saturated rings. The highest BCUT2D eigenvalue weighted by atomic mass is 19.1. The van der Waals surface area contributed by atoms with E-state index in [1.54, 1.807) is 18.2 Å². The van der Waals surface area contributed by atoms with Crippen LogP contribution in [0.5, 0.6) is 0 Å². The summed E-state index contributed by atoms with van der Waals surface area (Å²) in [6.07, 6.45) is 1.52. The van der Waals surface area contributed by atoms with E-state index in [-0.39, 0.29) is 18.1 Å². The Bertz CT molecular complexity index is 472. The monoisotopic (exact) mass is 206 g/mol. The minimum absolute atomic E-state index is 0.199. The van der Waals surface area contributed by atoms with Gasteiger partial charge in [-0.05, 0) is 11.6 Å². The Morgan fingerprint density at radius 3 is 2.60 bits per heavy atom. The molecule has 1 aromatic carbocycles. The summed E-state index contributed by atoms with van der Waals surface area (Å²) in [5.74, 6) is -0.651. The summed E-state index contributed by atoms with van der Waals surface area (Å²) in [6, 6.07) is 7.46. The molecule has 2 rings (SSSR count). The summed E-state index contributed by atoms with van der Waals surface area (Å²) in [6.45, 7) is 0. The van der Waals surface area contributed by atoms with E-state index in [9.17, 15) is 8.78 Å². The first-order valence-corrected chi connectivity index (χ1v) is 4.46. The van der Waals surface area contributed by atoms with E-state index in [0.717, 1.165) is 6.07 Å². The van der Waals surface area contributed by atoms with Crippen LogP contribution in [0.15, 0.2) is 36.5 Å². The third kappa shape index (κ3) is 2.34. The van der Waals surface area contributed by atoms with Gasteiger partial charge in [-0.25, -0.2) is 14.4 Å². The molecule has 0 aliphatic rings. The van der Waals surface area contributed by atoms with Crippen LogP contribution >= 0.6 is 0 Å². The SMILES string of the molecule is Fc1ccnc(Cc2ccccc2F)n1. The second-order valence-corrected chi connectivity index (χ2v) is 3.06. The van der Waals surface area contributed by atoms with Gasteiger partial charge in [-0.2, -0.15) is 4.39 Å². The molecule has 2 aromatic rings. The van der Waals surface area contributed by atoms with Crippen molar-refractivity contribution in [2.75, 3.05) is 0 Å². The molecule has 15 heavy (non-hydrogen) atoms. The number of hydrogen-bond acceptors (Lipinski definition) is 2. The van der Waals surface area contributed by atoms with Crippen molar-refractivity contribution in [1.82, 2.24) is 9.97 Å². The lowest BCUT2D eigenvalue weighted by Crippen LogP contribution is -1.99. The average Bonchev–Trinajstić information content (AvgIpc) is 2.22. The maximum absolute atomic E-state index is 13.2. The molecule has 1 aromatic heterocycles. The normalized spacial score (nSPS) is 10.3. The van der Waals surface area contributed by atoms with Gasteiger partial charge in [0, 0.05) is 18.7 Å². The number of nitrogens with zero attached hydrogens (tertiary/aromatic N) is 2. The largest absolute Gasteiger partial charge is 0.241 e. The van der Waals surface area contributed by atoms with Crippen LogP contribution in [0.3, 0.4) is 0 Å². The molecule has 2 nitrogen and oxygen atoms in total. The molecule has 0 saturated carbocycles. The molecule has 0 saturated heterocycles. The molecule has 0 N–H and O–H groups in total. The lowest BCUT2D eigenvalue weighted by atomic mass is 10.1. The van der Waals surface area contributed by atoms with Crippen molar-refractivity contribution >= 4 is 0 Å². The van der Waals surface area contributed by atoms with Crippen LogP contribution in [-0.2, 0) is 6.42 Å². The Labute approximate surface area is 85.6 Å². The summed E-state index contributed by atoms with van der Waals surface area (Å²) in [5, 5.41) is 0. The molecule has 0 spiro atoms. The second kappa shape index (κ2) is 4.13. The highest BCUT2D eigenvalue weighted by Gasteiger charge is 2.04. The van der Waals surface area contributed by atoms with Crippen molar-refractivity contribution in [1.29, 1.82) is 0 Å². The molecule has 76 valence electrons. The van der Waals surface area contributed by atoms with Gasteiger partial charge in [0.2, 0.25) is 5.95 Å². The first-order valence-electron chi connectivity index (χ1n) is 4.46. The van der Waals surface area contributed by atoms with E-state index < -0.39 is 5.95 Å². The van der Waals surface area contributed by atoms with Gasteiger partial charge in [0.05, 0.1) is 0 Å². The number of rotatable bonds is 2. The van der Waals surface area contributed by atoms with E-state index in [2.05, 4.69) is 9.97 Å². The number of halogens is 2. The molecular weight excluding hydrogens is 198 g/mol. The van der Waals surface area contributed by atoms with Crippen LogP contribution in [0, 0.1) is 11.8 Å². The van der Waals surface area contributed by atoms with Gasteiger partial charge < -0.3 is 0 Å². The predicted molar refractivity (Wildman–Crippen MR) is 51.2 cm³/mol. The third-order valence-corrected chi connectivity index (χ3v) is 1.98. The summed E-state index contributed by atoms with van der Waals surface area (Å²) in [4.78, 5) is 7.42. The molecule has 1 heterocycles. The van der Waals surface area contributed by atoms with Crippen LogP contribution < -0.4 is 0 Å². The Morgan fingerprint density at radius 2 is 1.87 bits per heavy atom. The maximum atomic E-state index is 13.2. The van der Waals surface area contributed by atoms with Crippen LogP contribution in [-0.4, -0.2) is 9.97 Å². The number of aromatic nitrogens is 2. The zero-order valence-corrected chi connectivity index (χ0v) is 7.82. The summed E-state index contributed by atoms with van der Waals surface area (Å²) in [7, 11) is 0. The Balaban J connectivity index is 2.26. The van der Waals surface area contributed by atoms with Crippen molar-refractivity contribution in [3.05, 3.63) is 59.7 Å². The fraction of sp³-hybridized carbons (Fsp3) is 0.0909. The van der Waals surface area contributed by atoms with E-state index in [0.29, 0.717) is 5.56 Å². The minimum Gasteiger partial charge on any atom is -0.241 e. The summed E-state index contributed by atoms with van der Waals surface area (Å²) in [5.41, 5.74) is 0.461. The van der Waals surface area contributed by atoms with Crippen molar-refractivity contribution in [3.63, 3.8) is 0 Å². The van der Waals surface area contributed by atoms with Gasteiger partial charge in [0.1, 0.15) is 11.6 Å². The van der Waals surface area contributed by atoms with Crippen molar-refractivity contribution in [2.24, 2.45) is 0 Å². The van der Waals surface area contributed by atoms with Gasteiger partial charge in [0.15, 0.2) is 0 Å². The van der Waals surface area contributed by atoms with Crippen LogP contribution in [0.25, 0.3) is 0 Å². The highest BCUT2D eigenvalue weighted by Crippen LogP contribution is 2.10. The number of benzene rings is 1. The molecule has 4 heteroatoms. The zero-order valence-electron chi connectivity index (χ0n) is 7.82. The summed E-state index contributed by atoms with van der Waals surface area (Å²) < 4.78 is 26.0. The lowest BCUT2D eigenvalue weighted by Gasteiger charge is -2.01. The quantitative estimate of drug-likeness (QED) is 0.705. The van der Waals surface area contributed by atoms with E-state index in [1.165, 1.54) is 12.3 Å². The fourth-order valence-electron chi connectivity index (χ4n) is 1.27. The first-order chi connectivity index (χ1) is 7.25. The molecular formula is C11H8F2N2. The first kappa shape index (κ1) is 9.71. The molecule has 0 amide bonds. The van der Waals surface area contributed by atoms with Crippen molar-refractivity contribution < 1.29 is 8.78 Å². The highest BCUT2D eigenvalue weighted by molar-refractivity contribution is 5.20. The third-order valence-electron chi connectivity index (χ3n) is 1.98. The second-order valence-electron chi connectivity index (χ2n) is 3.06. The van der Waals surface area contributed by atoms with Gasteiger partial charge in [-0.3, -0.25) is 0 Å². The topological polar surface area (TPSA) is 25.8 Å². The molecule has 0 bridgehead atoms. The van der Waals surface area contributed by atoms with Crippen LogP contribution in [0.2, 0.25) is 0 Å².